The lowest BCUT2D eigenvalue weighted by Crippen LogP contribution is -2.12. The van der Waals surface area contributed by atoms with Gasteiger partial charge in [0, 0.05) is 35.2 Å². The van der Waals surface area contributed by atoms with Crippen molar-refractivity contribution in [2.24, 2.45) is 10.2 Å². The summed E-state index contributed by atoms with van der Waals surface area (Å²) in [5.41, 5.74) is 9.20. The van der Waals surface area contributed by atoms with Crippen LogP contribution in [-0.2, 0) is 0 Å². The number of anilines is 6. The molecule has 258 valence electrons. The maximum Gasteiger partial charge on any atom is 0.0652 e. The van der Waals surface area contributed by atoms with Crippen molar-refractivity contribution < 1.29 is 0 Å². The molecule has 0 aliphatic carbocycles. The van der Waals surface area contributed by atoms with Crippen LogP contribution in [0.5, 0.6) is 0 Å². The highest BCUT2D eigenvalue weighted by atomic mass is 15.5. The van der Waals surface area contributed by atoms with E-state index in [4.69, 9.17) is 5.10 Å². The second kappa shape index (κ2) is 19.5. The highest BCUT2D eigenvalue weighted by Crippen LogP contribution is 2.34. The van der Waals surface area contributed by atoms with E-state index in [0.29, 0.717) is 0 Å². The van der Waals surface area contributed by atoms with E-state index in [-0.39, 0.29) is 0 Å². The third kappa shape index (κ3) is 10.2. The van der Waals surface area contributed by atoms with E-state index in [0.717, 1.165) is 50.9 Å². The van der Waals surface area contributed by atoms with E-state index in [1.165, 1.54) is 0 Å². The largest absolute Gasteiger partial charge is 0.311 e. The van der Waals surface area contributed by atoms with Gasteiger partial charge in [-0.25, -0.2) is 10.0 Å². The van der Waals surface area contributed by atoms with Crippen molar-refractivity contribution in [2.75, 3.05) is 14.9 Å². The van der Waals surface area contributed by atoms with Crippen LogP contribution in [0.2, 0.25) is 0 Å². The number of para-hydroxylation sites is 4. The number of allylic oxidation sites excluding steroid dienone is 3. The average Bonchev–Trinajstić information content (AvgIpc) is 3.21. The standard InChI is InChI=1S/C45H39N5.C2H6/c1-37(2)49(43-21-9-4-10-22-43)46-35-15-17-38-27-31-41(32-28-38)48(40-19-7-3-8-20-40)42-33-29-39(30-34-42)18-16-36-47-50(44-23-11-5-12-24-44)45-25-13-6-14-26-45;1-2/h3-36H,1H2,2H3;1-2H3/b17-15+,18-16+,46-35+,47-36+;. The lowest BCUT2D eigenvalue weighted by atomic mass is 10.1. The topological polar surface area (TPSA) is 34.4 Å². The number of hydrogen-bond acceptors (Lipinski definition) is 5. The molecule has 6 aromatic carbocycles. The molecule has 52 heavy (non-hydrogen) atoms. The first-order valence-electron chi connectivity index (χ1n) is 17.5. The normalized spacial score (nSPS) is 11.1. The molecule has 6 aromatic rings. The summed E-state index contributed by atoms with van der Waals surface area (Å²) in [6.45, 7) is 10.0. The summed E-state index contributed by atoms with van der Waals surface area (Å²) in [5, 5.41) is 13.1. The zero-order valence-electron chi connectivity index (χ0n) is 30.1. The molecule has 5 nitrogen and oxygen atoms in total. The Morgan fingerprint density at radius 1 is 0.442 bits per heavy atom. The van der Waals surface area contributed by atoms with Crippen molar-refractivity contribution >= 4 is 58.7 Å². The van der Waals surface area contributed by atoms with Crippen molar-refractivity contribution in [3.8, 4) is 0 Å². The molecule has 0 atom stereocenters. The molecule has 5 heteroatoms. The molecule has 0 heterocycles. The van der Waals surface area contributed by atoms with Crippen LogP contribution in [0, 0.1) is 0 Å². The minimum Gasteiger partial charge on any atom is -0.311 e. The van der Waals surface area contributed by atoms with Crippen molar-refractivity contribution in [3.63, 3.8) is 0 Å². The Morgan fingerprint density at radius 3 is 1.19 bits per heavy atom. The molecule has 0 aromatic heterocycles. The van der Waals surface area contributed by atoms with Crippen molar-refractivity contribution in [2.45, 2.75) is 20.8 Å². The zero-order chi connectivity index (χ0) is 36.4. The Bertz CT molecular complexity index is 2010. The van der Waals surface area contributed by atoms with Gasteiger partial charge in [-0.3, -0.25) is 0 Å². The minimum absolute atomic E-state index is 0.845. The van der Waals surface area contributed by atoms with E-state index < -0.39 is 0 Å². The van der Waals surface area contributed by atoms with Crippen LogP contribution < -0.4 is 14.9 Å². The average molecular weight is 680 g/mol. The van der Waals surface area contributed by atoms with Gasteiger partial charge in [0.15, 0.2) is 0 Å². The Balaban J connectivity index is 0.00000257. The fraction of sp³-hybridized carbons (Fsp3) is 0.0638. The summed E-state index contributed by atoms with van der Waals surface area (Å²) >= 11 is 0. The van der Waals surface area contributed by atoms with Gasteiger partial charge in [0.1, 0.15) is 0 Å². The summed E-state index contributed by atoms with van der Waals surface area (Å²) in [4.78, 5) is 2.26. The monoisotopic (exact) mass is 679 g/mol. The Kier molecular flexibility index (Phi) is 13.7. The molecule has 0 bridgehead atoms. The molecule has 0 fully saturated rings. The fourth-order valence-corrected chi connectivity index (χ4v) is 5.39. The maximum atomic E-state index is 4.76. The predicted molar refractivity (Wildman–Crippen MR) is 226 cm³/mol. The third-order valence-corrected chi connectivity index (χ3v) is 7.79. The van der Waals surface area contributed by atoms with E-state index in [9.17, 15) is 0 Å². The smallest absolute Gasteiger partial charge is 0.0652 e. The third-order valence-electron chi connectivity index (χ3n) is 7.79. The molecule has 0 amide bonds. The van der Waals surface area contributed by atoms with Crippen LogP contribution in [-0.4, -0.2) is 12.4 Å². The Morgan fingerprint density at radius 2 is 0.788 bits per heavy atom. The van der Waals surface area contributed by atoms with E-state index in [2.05, 4.69) is 120 Å². The van der Waals surface area contributed by atoms with Gasteiger partial charge in [-0.2, -0.15) is 10.2 Å². The molecule has 6 rings (SSSR count). The first-order chi connectivity index (χ1) is 25.7. The molecule has 0 N–H and O–H groups in total. The van der Waals surface area contributed by atoms with Crippen LogP contribution in [0.25, 0.3) is 12.2 Å². The fourth-order valence-electron chi connectivity index (χ4n) is 5.39. The highest BCUT2D eigenvalue weighted by molar-refractivity contribution is 5.83. The van der Waals surface area contributed by atoms with Gasteiger partial charge < -0.3 is 4.90 Å². The Hall–Kier alpha value is -6.72. The van der Waals surface area contributed by atoms with Crippen LogP contribution in [0.1, 0.15) is 31.9 Å². The highest BCUT2D eigenvalue weighted by Gasteiger charge is 2.12. The van der Waals surface area contributed by atoms with E-state index in [1.807, 2.05) is 128 Å². The quantitative estimate of drug-likeness (QED) is 0.0900. The summed E-state index contributed by atoms with van der Waals surface area (Å²) < 4.78 is 0. The van der Waals surface area contributed by atoms with Crippen LogP contribution in [0.4, 0.5) is 34.1 Å². The van der Waals surface area contributed by atoms with Gasteiger partial charge in [-0.15, -0.1) is 0 Å². The number of hydrogen-bond donors (Lipinski definition) is 0. The SMILES string of the molecule is C=C(C)N(/N=C/C=C/c1ccc(N(c2ccccc2)c2ccc(/C=C/C=N/N(c3ccccc3)c3ccccc3)cc2)cc1)c1ccccc1.CC. The van der Waals surface area contributed by atoms with Gasteiger partial charge in [-0.05, 0) is 103 Å². The molecule has 0 spiro atoms. The lowest BCUT2D eigenvalue weighted by molar-refractivity contribution is 1.01. The van der Waals surface area contributed by atoms with Crippen LogP contribution in [0.15, 0.2) is 204 Å². The molecule has 0 radical (unpaired) electrons. The van der Waals surface area contributed by atoms with Crippen molar-refractivity contribution in [1.29, 1.82) is 0 Å². The number of hydrazone groups is 2. The molecule has 0 aliphatic heterocycles. The second-order valence-corrected chi connectivity index (χ2v) is 11.5. The second-order valence-electron chi connectivity index (χ2n) is 11.5. The van der Waals surface area contributed by atoms with E-state index >= 15 is 0 Å². The van der Waals surface area contributed by atoms with Crippen molar-refractivity contribution in [3.05, 3.63) is 205 Å². The van der Waals surface area contributed by atoms with Gasteiger partial charge in [0.05, 0.1) is 17.1 Å². The van der Waals surface area contributed by atoms with Crippen molar-refractivity contribution in [1.82, 2.24) is 0 Å². The molecule has 0 saturated heterocycles. The molecule has 0 saturated carbocycles. The van der Waals surface area contributed by atoms with Gasteiger partial charge in [0.2, 0.25) is 0 Å². The van der Waals surface area contributed by atoms with Gasteiger partial charge >= 0.3 is 0 Å². The maximum absolute atomic E-state index is 4.76. The molecule has 0 unspecified atom stereocenters. The molecular formula is C47H45N5. The molecule has 0 aliphatic rings. The first-order valence-corrected chi connectivity index (χ1v) is 17.5. The number of nitrogens with zero attached hydrogens (tertiary/aromatic N) is 5. The number of rotatable bonds is 13. The minimum atomic E-state index is 0.845. The zero-order valence-corrected chi connectivity index (χ0v) is 30.1. The van der Waals surface area contributed by atoms with Gasteiger partial charge in [-0.1, -0.05) is 130 Å². The summed E-state index contributed by atoms with van der Waals surface area (Å²) in [6, 6.07) is 57.8. The van der Waals surface area contributed by atoms with Crippen LogP contribution >= 0.6 is 0 Å². The van der Waals surface area contributed by atoms with Crippen LogP contribution in [0.3, 0.4) is 0 Å². The summed E-state index contributed by atoms with van der Waals surface area (Å²) in [6.07, 6.45) is 11.6. The summed E-state index contributed by atoms with van der Waals surface area (Å²) in [7, 11) is 0. The first kappa shape index (κ1) is 36.6. The summed E-state index contributed by atoms with van der Waals surface area (Å²) in [5.74, 6) is 0. The van der Waals surface area contributed by atoms with Gasteiger partial charge in [0.25, 0.3) is 0 Å². The van der Waals surface area contributed by atoms with E-state index in [1.54, 1.807) is 6.21 Å². The lowest BCUT2D eigenvalue weighted by Gasteiger charge is -2.25. The predicted octanol–water partition coefficient (Wildman–Crippen LogP) is 13.1. The Labute approximate surface area is 309 Å². The number of benzene rings is 6. The molecular weight excluding hydrogens is 635 g/mol.